The number of nitrogens with one attached hydrogen (secondary N) is 1. The van der Waals surface area contributed by atoms with Crippen LogP contribution < -0.4 is 10.2 Å². The predicted octanol–water partition coefficient (Wildman–Crippen LogP) is 2.05. The van der Waals surface area contributed by atoms with Gasteiger partial charge in [-0.3, -0.25) is 15.1 Å². The fourth-order valence-corrected chi connectivity index (χ4v) is 2.54. The molecule has 0 aliphatic carbocycles. The van der Waals surface area contributed by atoms with Gasteiger partial charge >= 0.3 is 0 Å². The Bertz CT molecular complexity index is 694. The van der Waals surface area contributed by atoms with Gasteiger partial charge in [0.15, 0.2) is 6.17 Å². The van der Waals surface area contributed by atoms with Crippen molar-refractivity contribution in [3.63, 3.8) is 0 Å². The van der Waals surface area contributed by atoms with Crippen LogP contribution >= 0.6 is 0 Å². The van der Waals surface area contributed by atoms with Crippen molar-refractivity contribution in [1.82, 2.24) is 5.32 Å². The van der Waals surface area contributed by atoms with Gasteiger partial charge in [-0.05, 0) is 13.1 Å². The van der Waals surface area contributed by atoms with Crippen molar-refractivity contribution in [2.75, 3.05) is 19.0 Å². The number of carbonyl (C=O) groups excluding carboxylic acids is 1. The van der Waals surface area contributed by atoms with E-state index in [-0.39, 0.29) is 5.91 Å². The number of amides is 1. The molecule has 1 heterocycles. The van der Waals surface area contributed by atoms with E-state index in [1.165, 1.54) is 0 Å². The van der Waals surface area contributed by atoms with E-state index in [1.54, 1.807) is 19.0 Å². The highest BCUT2D eigenvalue weighted by atomic mass is 16.2. The number of benzene rings is 2. The molecule has 0 saturated carbocycles. The smallest absolute Gasteiger partial charge is 0.266 e. The van der Waals surface area contributed by atoms with E-state index in [2.05, 4.69) is 10.3 Å². The molecule has 0 spiro atoms. The van der Waals surface area contributed by atoms with Crippen LogP contribution in [0.15, 0.2) is 59.6 Å². The number of anilines is 1. The minimum absolute atomic E-state index is 0.0594. The summed E-state index contributed by atoms with van der Waals surface area (Å²) in [4.78, 5) is 18.8. The Morgan fingerprint density at radius 1 is 1.05 bits per heavy atom. The second-order valence-corrected chi connectivity index (χ2v) is 4.95. The fourth-order valence-electron chi connectivity index (χ4n) is 2.54. The highest BCUT2D eigenvalue weighted by molar-refractivity contribution is 6.19. The van der Waals surface area contributed by atoms with Gasteiger partial charge in [0.2, 0.25) is 0 Å². The lowest BCUT2D eigenvalue weighted by molar-refractivity contribution is -0.119. The summed E-state index contributed by atoms with van der Waals surface area (Å²) in [6.07, 6.45) is -0.572. The maximum Gasteiger partial charge on any atom is 0.266 e. The van der Waals surface area contributed by atoms with Crippen LogP contribution in [0.5, 0.6) is 0 Å². The molecule has 1 amide bonds. The first-order chi connectivity index (χ1) is 10.2. The third kappa shape index (κ3) is 2.34. The van der Waals surface area contributed by atoms with Crippen LogP contribution in [0, 0.1) is 0 Å². The Balaban J connectivity index is 2.24. The van der Waals surface area contributed by atoms with E-state index in [0.717, 1.165) is 22.5 Å². The van der Waals surface area contributed by atoms with E-state index in [4.69, 9.17) is 0 Å². The second-order valence-electron chi connectivity index (χ2n) is 4.95. The number of aliphatic imine (C=N–C) groups is 1. The minimum Gasteiger partial charge on any atom is -0.312 e. The zero-order chi connectivity index (χ0) is 14.8. The van der Waals surface area contributed by atoms with Crippen LogP contribution in [-0.2, 0) is 4.79 Å². The second kappa shape index (κ2) is 5.50. The molecule has 0 saturated heterocycles. The lowest BCUT2D eigenvalue weighted by atomic mass is 10.0. The van der Waals surface area contributed by atoms with Gasteiger partial charge < -0.3 is 4.90 Å². The Morgan fingerprint density at radius 2 is 1.71 bits per heavy atom. The van der Waals surface area contributed by atoms with E-state index in [0.29, 0.717) is 0 Å². The molecule has 0 radical (unpaired) electrons. The topological polar surface area (TPSA) is 44.7 Å². The molecule has 2 aromatic rings. The molecule has 1 atom stereocenters. The van der Waals surface area contributed by atoms with Crippen molar-refractivity contribution in [2.45, 2.75) is 6.17 Å². The fraction of sp³-hybridized carbons (Fsp3) is 0.176. The third-order valence-corrected chi connectivity index (χ3v) is 3.66. The largest absolute Gasteiger partial charge is 0.312 e. The molecule has 4 heteroatoms. The van der Waals surface area contributed by atoms with Gasteiger partial charge in [-0.15, -0.1) is 0 Å². The standard InChI is InChI=1S/C17H17N3O/c1-18-16-17(21)20(2)14-11-7-6-10-13(14)15(19-16)12-8-4-3-5-9-12/h3-11,16,18H,1-2H3. The Labute approximate surface area is 124 Å². The molecule has 0 bridgehead atoms. The molecule has 1 unspecified atom stereocenters. The van der Waals surface area contributed by atoms with Gasteiger partial charge in [-0.25, -0.2) is 0 Å². The monoisotopic (exact) mass is 279 g/mol. The highest BCUT2D eigenvalue weighted by Gasteiger charge is 2.28. The average Bonchev–Trinajstić information content (AvgIpc) is 2.65. The molecule has 1 aliphatic rings. The molecule has 3 rings (SSSR count). The predicted molar refractivity (Wildman–Crippen MR) is 84.8 cm³/mol. The molecule has 1 aliphatic heterocycles. The Hall–Kier alpha value is -2.46. The van der Waals surface area contributed by atoms with Crippen LogP contribution in [0.2, 0.25) is 0 Å². The molecule has 0 aromatic heterocycles. The molecule has 21 heavy (non-hydrogen) atoms. The Morgan fingerprint density at radius 3 is 2.43 bits per heavy atom. The maximum atomic E-state index is 12.5. The number of benzodiazepines with no additional fused rings is 1. The van der Waals surface area contributed by atoms with Gasteiger partial charge in [-0.1, -0.05) is 48.5 Å². The molecule has 0 fully saturated rings. The first-order valence-corrected chi connectivity index (χ1v) is 6.90. The average molecular weight is 279 g/mol. The first-order valence-electron chi connectivity index (χ1n) is 6.90. The molecular weight excluding hydrogens is 262 g/mol. The number of hydrogen-bond donors (Lipinski definition) is 1. The summed E-state index contributed by atoms with van der Waals surface area (Å²) in [5, 5.41) is 2.98. The SMILES string of the molecule is CNC1N=C(c2ccccc2)c2ccccc2N(C)C1=O. The van der Waals surface area contributed by atoms with Crippen LogP contribution in [0.3, 0.4) is 0 Å². The molecular formula is C17H17N3O. The van der Waals surface area contributed by atoms with Crippen molar-refractivity contribution in [3.05, 3.63) is 65.7 Å². The van der Waals surface area contributed by atoms with Crippen LogP contribution in [0.4, 0.5) is 5.69 Å². The van der Waals surface area contributed by atoms with Crippen molar-refractivity contribution in [3.8, 4) is 0 Å². The molecule has 4 nitrogen and oxygen atoms in total. The van der Waals surface area contributed by atoms with E-state index >= 15 is 0 Å². The van der Waals surface area contributed by atoms with Crippen molar-refractivity contribution < 1.29 is 4.79 Å². The number of carbonyl (C=O) groups is 1. The first kappa shape index (κ1) is 13.5. The van der Waals surface area contributed by atoms with Gasteiger partial charge in [-0.2, -0.15) is 0 Å². The highest BCUT2D eigenvalue weighted by Crippen LogP contribution is 2.26. The number of nitrogens with zero attached hydrogens (tertiary/aromatic N) is 2. The summed E-state index contributed by atoms with van der Waals surface area (Å²) in [6.45, 7) is 0. The Kier molecular flexibility index (Phi) is 3.54. The molecule has 106 valence electrons. The third-order valence-electron chi connectivity index (χ3n) is 3.66. The lowest BCUT2D eigenvalue weighted by Crippen LogP contribution is -2.41. The van der Waals surface area contributed by atoms with E-state index < -0.39 is 6.17 Å². The number of fused-ring (bicyclic) bond motifs is 1. The van der Waals surface area contributed by atoms with Crippen LogP contribution in [0.1, 0.15) is 11.1 Å². The van der Waals surface area contributed by atoms with Gasteiger partial charge in [0.25, 0.3) is 5.91 Å². The lowest BCUT2D eigenvalue weighted by Gasteiger charge is -2.19. The summed E-state index contributed by atoms with van der Waals surface area (Å²) in [6, 6.07) is 17.8. The summed E-state index contributed by atoms with van der Waals surface area (Å²) in [5.41, 5.74) is 3.69. The summed E-state index contributed by atoms with van der Waals surface area (Å²) < 4.78 is 0. The van der Waals surface area contributed by atoms with E-state index in [9.17, 15) is 4.79 Å². The number of para-hydroxylation sites is 1. The zero-order valence-corrected chi connectivity index (χ0v) is 12.1. The quantitative estimate of drug-likeness (QED) is 0.914. The van der Waals surface area contributed by atoms with Crippen LogP contribution in [0.25, 0.3) is 0 Å². The minimum atomic E-state index is -0.572. The van der Waals surface area contributed by atoms with Crippen molar-refractivity contribution in [1.29, 1.82) is 0 Å². The molecule has 2 aromatic carbocycles. The van der Waals surface area contributed by atoms with Crippen molar-refractivity contribution >= 4 is 17.3 Å². The van der Waals surface area contributed by atoms with Gasteiger partial charge in [0, 0.05) is 18.2 Å². The maximum absolute atomic E-state index is 12.5. The van der Waals surface area contributed by atoms with Crippen LogP contribution in [-0.4, -0.2) is 31.9 Å². The van der Waals surface area contributed by atoms with Gasteiger partial charge in [0.1, 0.15) is 0 Å². The number of rotatable bonds is 2. The molecule has 1 N–H and O–H groups in total. The summed E-state index contributed by atoms with van der Waals surface area (Å²) in [5.74, 6) is -0.0594. The normalized spacial score (nSPS) is 18.0. The summed E-state index contributed by atoms with van der Waals surface area (Å²) >= 11 is 0. The zero-order valence-electron chi connectivity index (χ0n) is 12.1. The number of likely N-dealkylation sites (N-methyl/N-ethyl adjacent to an activating group) is 2. The number of hydrogen-bond acceptors (Lipinski definition) is 3. The van der Waals surface area contributed by atoms with Gasteiger partial charge in [0.05, 0.1) is 11.4 Å². The van der Waals surface area contributed by atoms with Crippen molar-refractivity contribution in [2.24, 2.45) is 4.99 Å². The summed E-state index contributed by atoms with van der Waals surface area (Å²) in [7, 11) is 3.54. The van der Waals surface area contributed by atoms with E-state index in [1.807, 2.05) is 54.6 Å².